The Kier molecular flexibility index (Phi) is 4.15. The molecule has 0 aromatic heterocycles. The van der Waals surface area contributed by atoms with Gasteiger partial charge in [0.05, 0.1) is 6.10 Å². The zero-order valence-corrected chi connectivity index (χ0v) is 9.17. The highest BCUT2D eigenvalue weighted by atomic mass is 19.4. The van der Waals surface area contributed by atoms with Crippen LogP contribution < -0.4 is 5.32 Å². The Labute approximate surface area is 91.7 Å². The van der Waals surface area contributed by atoms with E-state index in [1.807, 2.05) is 6.92 Å². The van der Waals surface area contributed by atoms with Crippen LogP contribution in [0.5, 0.6) is 0 Å². The van der Waals surface area contributed by atoms with Crippen molar-refractivity contribution in [2.24, 2.45) is 0 Å². The van der Waals surface area contributed by atoms with Crippen molar-refractivity contribution in [2.75, 3.05) is 26.7 Å². The SMILES string of the molecule is COC(C)CNC1CN(C(=O)C(F)(F)F)C1. The van der Waals surface area contributed by atoms with E-state index in [4.69, 9.17) is 4.74 Å². The molecule has 1 unspecified atom stereocenters. The molecule has 1 atom stereocenters. The summed E-state index contributed by atoms with van der Waals surface area (Å²) < 4.78 is 40.9. The van der Waals surface area contributed by atoms with E-state index in [1.165, 1.54) is 0 Å². The largest absolute Gasteiger partial charge is 0.471 e. The van der Waals surface area contributed by atoms with E-state index in [9.17, 15) is 18.0 Å². The molecule has 0 aromatic carbocycles. The molecule has 0 saturated carbocycles. The van der Waals surface area contributed by atoms with Gasteiger partial charge in [-0.25, -0.2) is 0 Å². The summed E-state index contributed by atoms with van der Waals surface area (Å²) in [5.74, 6) is -1.76. The molecule has 1 N–H and O–H groups in total. The minimum absolute atomic E-state index is 0.00682. The maximum Gasteiger partial charge on any atom is 0.471 e. The number of ether oxygens (including phenoxy) is 1. The molecule has 1 amide bonds. The lowest BCUT2D eigenvalue weighted by Gasteiger charge is -2.40. The van der Waals surface area contributed by atoms with E-state index >= 15 is 0 Å². The third kappa shape index (κ3) is 3.34. The summed E-state index contributed by atoms with van der Waals surface area (Å²) in [6.07, 6.45) is -4.75. The average molecular weight is 240 g/mol. The van der Waals surface area contributed by atoms with Crippen molar-refractivity contribution in [3.63, 3.8) is 0 Å². The second-order valence-corrected chi connectivity index (χ2v) is 3.86. The Balaban J connectivity index is 2.21. The van der Waals surface area contributed by atoms with Gasteiger partial charge in [-0.05, 0) is 6.92 Å². The lowest BCUT2D eigenvalue weighted by molar-refractivity contribution is -0.190. The number of carbonyl (C=O) groups excluding carboxylic acids is 1. The number of rotatable bonds is 4. The molecule has 0 aliphatic carbocycles. The van der Waals surface area contributed by atoms with Gasteiger partial charge < -0.3 is 15.0 Å². The van der Waals surface area contributed by atoms with Crippen molar-refractivity contribution in [1.82, 2.24) is 10.2 Å². The van der Waals surface area contributed by atoms with Gasteiger partial charge in [0, 0.05) is 32.8 Å². The molecule has 7 heteroatoms. The summed E-state index contributed by atoms with van der Waals surface area (Å²) in [5.41, 5.74) is 0. The van der Waals surface area contributed by atoms with Crippen LogP contribution in [-0.4, -0.2) is 55.9 Å². The van der Waals surface area contributed by atoms with E-state index in [2.05, 4.69) is 5.32 Å². The summed E-state index contributed by atoms with van der Waals surface area (Å²) >= 11 is 0. The molecule has 0 spiro atoms. The van der Waals surface area contributed by atoms with Gasteiger partial charge in [0.2, 0.25) is 0 Å². The highest BCUT2D eigenvalue weighted by Gasteiger charge is 2.46. The van der Waals surface area contributed by atoms with E-state index in [-0.39, 0.29) is 25.2 Å². The molecule has 1 aliphatic heterocycles. The Morgan fingerprint density at radius 1 is 1.56 bits per heavy atom. The fraction of sp³-hybridized carbons (Fsp3) is 0.889. The monoisotopic (exact) mass is 240 g/mol. The van der Waals surface area contributed by atoms with E-state index in [0.717, 1.165) is 4.90 Å². The van der Waals surface area contributed by atoms with Crippen molar-refractivity contribution >= 4 is 5.91 Å². The molecular weight excluding hydrogens is 225 g/mol. The number of amides is 1. The molecule has 0 radical (unpaired) electrons. The number of nitrogens with one attached hydrogen (secondary N) is 1. The Hall–Kier alpha value is -0.820. The minimum atomic E-state index is -4.76. The number of hydrogen-bond acceptors (Lipinski definition) is 3. The summed E-state index contributed by atoms with van der Waals surface area (Å²) in [6.45, 7) is 2.63. The average Bonchev–Trinajstić information content (AvgIpc) is 2.13. The molecule has 0 bridgehead atoms. The van der Waals surface area contributed by atoms with Gasteiger partial charge in [-0.1, -0.05) is 0 Å². The van der Waals surface area contributed by atoms with Crippen LogP contribution >= 0.6 is 0 Å². The molecule has 94 valence electrons. The Morgan fingerprint density at radius 2 is 2.12 bits per heavy atom. The van der Waals surface area contributed by atoms with Gasteiger partial charge in [0.1, 0.15) is 0 Å². The van der Waals surface area contributed by atoms with Crippen molar-refractivity contribution in [2.45, 2.75) is 25.2 Å². The van der Waals surface area contributed by atoms with Crippen LogP contribution in [0.1, 0.15) is 6.92 Å². The molecule has 1 rings (SSSR count). The summed E-state index contributed by atoms with van der Waals surface area (Å²) in [7, 11) is 1.56. The highest BCUT2D eigenvalue weighted by molar-refractivity contribution is 5.82. The van der Waals surface area contributed by atoms with Gasteiger partial charge in [0.25, 0.3) is 0 Å². The molecule has 1 aliphatic rings. The first-order valence-corrected chi connectivity index (χ1v) is 4.97. The van der Waals surface area contributed by atoms with Crippen molar-refractivity contribution < 1.29 is 22.7 Å². The van der Waals surface area contributed by atoms with Crippen LogP contribution in [0.4, 0.5) is 13.2 Å². The first-order valence-electron chi connectivity index (χ1n) is 4.97. The number of nitrogens with zero attached hydrogens (tertiary/aromatic N) is 1. The number of hydrogen-bond donors (Lipinski definition) is 1. The quantitative estimate of drug-likeness (QED) is 0.772. The van der Waals surface area contributed by atoms with Gasteiger partial charge in [-0.15, -0.1) is 0 Å². The third-order valence-electron chi connectivity index (χ3n) is 2.51. The molecule has 1 saturated heterocycles. The Morgan fingerprint density at radius 3 is 2.56 bits per heavy atom. The van der Waals surface area contributed by atoms with Gasteiger partial charge in [-0.2, -0.15) is 13.2 Å². The number of likely N-dealkylation sites (tertiary alicyclic amines) is 1. The van der Waals surface area contributed by atoms with Crippen LogP contribution in [0.15, 0.2) is 0 Å². The summed E-state index contributed by atoms with van der Waals surface area (Å²) in [5, 5.41) is 3.02. The molecule has 4 nitrogen and oxygen atoms in total. The number of alkyl halides is 3. The van der Waals surface area contributed by atoms with Crippen LogP contribution in [0, 0.1) is 0 Å². The zero-order valence-electron chi connectivity index (χ0n) is 9.17. The fourth-order valence-corrected chi connectivity index (χ4v) is 1.37. The minimum Gasteiger partial charge on any atom is -0.380 e. The fourth-order valence-electron chi connectivity index (χ4n) is 1.37. The number of halogens is 3. The predicted molar refractivity (Wildman–Crippen MR) is 50.9 cm³/mol. The normalized spacial score (nSPS) is 19.4. The molecule has 16 heavy (non-hydrogen) atoms. The topological polar surface area (TPSA) is 41.6 Å². The molecule has 1 heterocycles. The van der Waals surface area contributed by atoms with Crippen molar-refractivity contribution in [1.29, 1.82) is 0 Å². The van der Waals surface area contributed by atoms with Crippen molar-refractivity contribution in [3.8, 4) is 0 Å². The van der Waals surface area contributed by atoms with Crippen LogP contribution in [0.3, 0.4) is 0 Å². The molecule has 0 aromatic rings. The summed E-state index contributed by atoms with van der Waals surface area (Å²) in [6, 6.07) is -0.0658. The smallest absolute Gasteiger partial charge is 0.380 e. The van der Waals surface area contributed by atoms with Crippen LogP contribution in [0.2, 0.25) is 0 Å². The van der Waals surface area contributed by atoms with Gasteiger partial charge in [0.15, 0.2) is 0 Å². The van der Waals surface area contributed by atoms with Gasteiger partial charge in [-0.3, -0.25) is 4.79 Å². The number of methoxy groups -OCH3 is 1. The van der Waals surface area contributed by atoms with Crippen molar-refractivity contribution in [3.05, 3.63) is 0 Å². The molecular formula is C9H15F3N2O2. The Bertz CT molecular complexity index is 252. The van der Waals surface area contributed by atoms with Crippen LogP contribution in [-0.2, 0) is 9.53 Å². The standard InChI is InChI=1S/C9H15F3N2O2/c1-6(16-2)3-13-7-4-14(5-7)8(15)9(10,11)12/h6-7,13H,3-5H2,1-2H3. The maximum absolute atomic E-state index is 12.0. The lowest BCUT2D eigenvalue weighted by atomic mass is 10.1. The second-order valence-electron chi connectivity index (χ2n) is 3.86. The first-order chi connectivity index (χ1) is 7.34. The van der Waals surface area contributed by atoms with E-state index < -0.39 is 12.1 Å². The van der Waals surface area contributed by atoms with E-state index in [0.29, 0.717) is 6.54 Å². The number of carbonyl (C=O) groups is 1. The third-order valence-corrected chi connectivity index (χ3v) is 2.51. The predicted octanol–water partition coefficient (Wildman–Crippen LogP) is 0.384. The van der Waals surface area contributed by atoms with Gasteiger partial charge >= 0.3 is 12.1 Å². The molecule has 1 fully saturated rings. The lowest BCUT2D eigenvalue weighted by Crippen LogP contribution is -2.62. The summed E-state index contributed by atoms with van der Waals surface area (Å²) in [4.78, 5) is 11.5. The first kappa shape index (κ1) is 13.2. The maximum atomic E-state index is 12.0. The van der Waals surface area contributed by atoms with Crippen LogP contribution in [0.25, 0.3) is 0 Å². The van der Waals surface area contributed by atoms with E-state index in [1.54, 1.807) is 7.11 Å². The second kappa shape index (κ2) is 5.01. The highest BCUT2D eigenvalue weighted by Crippen LogP contribution is 2.21. The zero-order chi connectivity index (χ0) is 12.3.